The van der Waals surface area contributed by atoms with E-state index in [1.54, 1.807) is 0 Å². The molecule has 3 heteroatoms. The van der Waals surface area contributed by atoms with Crippen molar-refractivity contribution < 1.29 is 4.39 Å². The second-order valence-corrected chi connectivity index (χ2v) is 3.96. The molecule has 0 saturated carbocycles. The van der Waals surface area contributed by atoms with Crippen LogP contribution in [0.4, 0.5) is 4.39 Å². The predicted octanol–water partition coefficient (Wildman–Crippen LogP) is 2.30. The Labute approximate surface area is 81.7 Å². The lowest BCUT2D eigenvalue weighted by Crippen LogP contribution is -2.28. The van der Waals surface area contributed by atoms with Crippen LogP contribution >= 0.6 is 11.6 Å². The second kappa shape index (κ2) is 3.28. The van der Waals surface area contributed by atoms with Crippen molar-refractivity contribution in [3.8, 4) is 0 Å². The van der Waals surface area contributed by atoms with Crippen molar-refractivity contribution in [1.82, 2.24) is 0 Å². The summed E-state index contributed by atoms with van der Waals surface area (Å²) in [5, 5.41) is 0.463. The van der Waals surface area contributed by atoms with E-state index in [1.165, 1.54) is 6.07 Å². The van der Waals surface area contributed by atoms with Gasteiger partial charge in [0.1, 0.15) is 5.82 Å². The average Bonchev–Trinajstić information content (AvgIpc) is 2.02. The Morgan fingerprint density at radius 1 is 1.46 bits per heavy atom. The summed E-state index contributed by atoms with van der Waals surface area (Å²) < 4.78 is 13.3. The van der Waals surface area contributed by atoms with Crippen molar-refractivity contribution in [2.45, 2.75) is 25.3 Å². The minimum atomic E-state index is -0.186. The van der Waals surface area contributed by atoms with Crippen LogP contribution in [0.5, 0.6) is 0 Å². The lowest BCUT2D eigenvalue weighted by Gasteiger charge is -2.21. The molecule has 0 aliphatic heterocycles. The molecule has 0 amide bonds. The van der Waals surface area contributed by atoms with Crippen LogP contribution in [0, 0.1) is 5.82 Å². The summed E-state index contributed by atoms with van der Waals surface area (Å²) in [6, 6.07) is 3.35. The van der Waals surface area contributed by atoms with E-state index in [2.05, 4.69) is 0 Å². The molecule has 0 spiro atoms. The first-order valence-corrected chi connectivity index (χ1v) is 4.77. The minimum absolute atomic E-state index is 0.158. The molecule has 0 saturated heterocycles. The van der Waals surface area contributed by atoms with E-state index in [1.807, 2.05) is 6.07 Å². The van der Waals surface area contributed by atoms with Gasteiger partial charge in [0, 0.05) is 11.1 Å². The summed E-state index contributed by atoms with van der Waals surface area (Å²) in [6.45, 7) is 0. The third-order valence-electron chi connectivity index (χ3n) is 2.50. The molecule has 1 nitrogen and oxygen atoms in total. The lowest BCUT2D eigenvalue weighted by atomic mass is 9.88. The van der Waals surface area contributed by atoms with E-state index in [0.29, 0.717) is 5.02 Å². The van der Waals surface area contributed by atoms with E-state index in [4.69, 9.17) is 17.3 Å². The highest BCUT2D eigenvalue weighted by Gasteiger charge is 2.18. The first-order chi connectivity index (χ1) is 6.16. The molecular weight excluding hydrogens is 189 g/mol. The van der Waals surface area contributed by atoms with E-state index < -0.39 is 0 Å². The fourth-order valence-electron chi connectivity index (χ4n) is 1.83. The van der Waals surface area contributed by atoms with Gasteiger partial charge in [-0.2, -0.15) is 0 Å². The number of rotatable bonds is 0. The summed E-state index contributed by atoms with van der Waals surface area (Å²) >= 11 is 5.75. The Hall–Kier alpha value is -0.600. The van der Waals surface area contributed by atoms with Gasteiger partial charge in [0.05, 0.1) is 0 Å². The van der Waals surface area contributed by atoms with Crippen molar-refractivity contribution >= 4 is 11.6 Å². The molecule has 0 heterocycles. The van der Waals surface area contributed by atoms with Crippen molar-refractivity contribution in [2.75, 3.05) is 0 Å². The van der Waals surface area contributed by atoms with Crippen molar-refractivity contribution in [1.29, 1.82) is 0 Å². The molecule has 1 aliphatic carbocycles. The maximum absolute atomic E-state index is 13.3. The molecular formula is C10H11ClFN. The maximum atomic E-state index is 13.3. The van der Waals surface area contributed by atoms with E-state index in [9.17, 15) is 4.39 Å². The van der Waals surface area contributed by atoms with Gasteiger partial charge in [-0.3, -0.25) is 0 Å². The quantitative estimate of drug-likeness (QED) is 0.682. The molecule has 0 unspecified atom stereocenters. The number of hydrogen-bond donors (Lipinski definition) is 1. The Morgan fingerprint density at radius 2 is 2.23 bits per heavy atom. The Kier molecular flexibility index (Phi) is 2.26. The first-order valence-electron chi connectivity index (χ1n) is 4.39. The molecule has 70 valence electrons. The van der Waals surface area contributed by atoms with E-state index >= 15 is 0 Å². The second-order valence-electron chi connectivity index (χ2n) is 3.53. The molecule has 2 N–H and O–H groups in total. The topological polar surface area (TPSA) is 26.0 Å². The van der Waals surface area contributed by atoms with E-state index in [-0.39, 0.29) is 11.9 Å². The number of benzene rings is 1. The third-order valence-corrected chi connectivity index (χ3v) is 2.72. The molecule has 13 heavy (non-hydrogen) atoms. The van der Waals surface area contributed by atoms with Gasteiger partial charge in [0.2, 0.25) is 0 Å². The van der Waals surface area contributed by atoms with Crippen LogP contribution in [0.3, 0.4) is 0 Å². The van der Waals surface area contributed by atoms with Crippen LogP contribution in [0.1, 0.15) is 17.5 Å². The third kappa shape index (κ3) is 1.69. The van der Waals surface area contributed by atoms with Gasteiger partial charge in [-0.15, -0.1) is 0 Å². The predicted molar refractivity (Wildman–Crippen MR) is 51.4 cm³/mol. The van der Waals surface area contributed by atoms with Crippen LogP contribution in [0.25, 0.3) is 0 Å². The monoisotopic (exact) mass is 199 g/mol. The molecule has 0 fully saturated rings. The van der Waals surface area contributed by atoms with Gasteiger partial charge < -0.3 is 5.73 Å². The summed E-state index contributed by atoms with van der Waals surface area (Å²) in [5.41, 5.74) is 7.56. The first kappa shape index (κ1) is 8.97. The number of nitrogens with two attached hydrogens (primary N) is 1. The van der Waals surface area contributed by atoms with Crippen LogP contribution in [-0.4, -0.2) is 6.04 Å². The summed E-state index contributed by atoms with van der Waals surface area (Å²) in [7, 11) is 0. The van der Waals surface area contributed by atoms with Gasteiger partial charge in [-0.1, -0.05) is 11.6 Å². The summed E-state index contributed by atoms with van der Waals surface area (Å²) in [4.78, 5) is 0. The van der Waals surface area contributed by atoms with Gasteiger partial charge in [-0.05, 0) is 42.5 Å². The highest BCUT2D eigenvalue weighted by Crippen LogP contribution is 2.26. The van der Waals surface area contributed by atoms with Gasteiger partial charge in [-0.25, -0.2) is 4.39 Å². The van der Waals surface area contributed by atoms with Gasteiger partial charge in [0.15, 0.2) is 0 Å². The smallest absolute Gasteiger partial charge is 0.128 e. The van der Waals surface area contributed by atoms with Crippen LogP contribution < -0.4 is 5.73 Å². The zero-order valence-corrected chi connectivity index (χ0v) is 7.94. The van der Waals surface area contributed by atoms with Gasteiger partial charge in [0.25, 0.3) is 0 Å². The van der Waals surface area contributed by atoms with Crippen LogP contribution in [0.2, 0.25) is 5.02 Å². The molecule has 0 bridgehead atoms. The average molecular weight is 200 g/mol. The standard InChI is InChI=1S/C10H11ClFN/c11-7-3-6-4-8(13)1-2-9(6)10(12)5-7/h3,5,8H,1-2,4,13H2/t8-/m0/s1. The largest absolute Gasteiger partial charge is 0.327 e. The Bertz CT molecular complexity index is 338. The Balaban J connectivity index is 2.47. The van der Waals surface area contributed by atoms with Crippen molar-refractivity contribution in [2.24, 2.45) is 5.73 Å². The maximum Gasteiger partial charge on any atom is 0.128 e. The zero-order valence-electron chi connectivity index (χ0n) is 7.19. The highest BCUT2D eigenvalue weighted by molar-refractivity contribution is 6.30. The minimum Gasteiger partial charge on any atom is -0.327 e. The fraction of sp³-hybridized carbons (Fsp3) is 0.400. The highest BCUT2D eigenvalue weighted by atomic mass is 35.5. The van der Waals surface area contributed by atoms with E-state index in [0.717, 1.165) is 30.4 Å². The molecule has 1 aromatic carbocycles. The summed E-state index contributed by atoms with van der Waals surface area (Å²) in [6.07, 6.45) is 2.35. The number of fused-ring (bicyclic) bond motifs is 1. The van der Waals surface area contributed by atoms with Crippen LogP contribution in [-0.2, 0) is 12.8 Å². The Morgan fingerprint density at radius 3 is 3.00 bits per heavy atom. The molecule has 1 aromatic rings. The zero-order chi connectivity index (χ0) is 9.42. The molecule has 0 aromatic heterocycles. The number of hydrogen-bond acceptors (Lipinski definition) is 1. The van der Waals surface area contributed by atoms with Gasteiger partial charge >= 0.3 is 0 Å². The summed E-state index contributed by atoms with van der Waals surface area (Å²) in [5.74, 6) is -0.186. The molecule has 1 aliphatic rings. The molecule has 2 rings (SSSR count). The van der Waals surface area contributed by atoms with Crippen molar-refractivity contribution in [3.63, 3.8) is 0 Å². The lowest BCUT2D eigenvalue weighted by molar-refractivity contribution is 0.538. The number of halogens is 2. The SMILES string of the molecule is N[C@H]1CCc2c(F)cc(Cl)cc2C1. The molecule has 1 atom stereocenters. The molecule has 0 radical (unpaired) electrons. The van der Waals surface area contributed by atoms with Crippen molar-refractivity contribution in [3.05, 3.63) is 34.1 Å². The normalized spacial score (nSPS) is 21.3. The fourth-order valence-corrected chi connectivity index (χ4v) is 2.06. The van der Waals surface area contributed by atoms with Crippen LogP contribution in [0.15, 0.2) is 12.1 Å².